The fourth-order valence-corrected chi connectivity index (χ4v) is 2.83. The van der Waals surface area contributed by atoms with Crippen molar-refractivity contribution in [1.82, 2.24) is 14.8 Å². The van der Waals surface area contributed by atoms with Gasteiger partial charge in [0.25, 0.3) is 5.91 Å². The van der Waals surface area contributed by atoms with E-state index in [1.54, 1.807) is 25.4 Å². The Morgan fingerprint density at radius 1 is 1.30 bits per heavy atom. The third-order valence-electron chi connectivity index (χ3n) is 3.31. The molecular weight excluding hydrogens is 322 g/mol. The number of amides is 1. The predicted octanol–water partition coefficient (Wildman–Crippen LogP) is 3.48. The SMILES string of the molecule is Cc1nn(-c2ccc(F)cc2F)c(C)c1C(=O)Nc1nccs1. The fourth-order valence-electron chi connectivity index (χ4n) is 2.30. The number of nitrogens with one attached hydrogen (secondary N) is 1. The maximum absolute atomic E-state index is 14.0. The Kier molecular flexibility index (Phi) is 3.91. The molecule has 0 spiro atoms. The molecule has 2 aromatic heterocycles. The molecule has 5 nitrogen and oxygen atoms in total. The molecule has 0 unspecified atom stereocenters. The zero-order valence-electron chi connectivity index (χ0n) is 12.3. The number of aromatic nitrogens is 3. The molecule has 0 saturated carbocycles. The minimum absolute atomic E-state index is 0.0836. The smallest absolute Gasteiger partial charge is 0.261 e. The van der Waals surface area contributed by atoms with Crippen molar-refractivity contribution >= 4 is 22.4 Å². The first-order valence-corrected chi connectivity index (χ1v) is 7.58. The number of carbonyl (C=O) groups is 1. The van der Waals surface area contributed by atoms with E-state index in [0.29, 0.717) is 22.1 Å². The van der Waals surface area contributed by atoms with Crippen molar-refractivity contribution in [3.63, 3.8) is 0 Å². The third kappa shape index (κ3) is 2.85. The van der Waals surface area contributed by atoms with E-state index in [2.05, 4.69) is 15.4 Å². The van der Waals surface area contributed by atoms with E-state index in [0.717, 1.165) is 12.1 Å². The summed E-state index contributed by atoms with van der Waals surface area (Å²) in [7, 11) is 0. The van der Waals surface area contributed by atoms with Crippen LogP contribution >= 0.6 is 11.3 Å². The molecule has 2 heterocycles. The van der Waals surface area contributed by atoms with Gasteiger partial charge in [-0.05, 0) is 26.0 Å². The number of halogens is 2. The molecule has 23 heavy (non-hydrogen) atoms. The largest absolute Gasteiger partial charge is 0.298 e. The summed E-state index contributed by atoms with van der Waals surface area (Å²) in [4.78, 5) is 16.4. The lowest BCUT2D eigenvalue weighted by atomic mass is 10.2. The van der Waals surface area contributed by atoms with Crippen LogP contribution in [-0.4, -0.2) is 20.7 Å². The highest BCUT2D eigenvalue weighted by Crippen LogP contribution is 2.22. The summed E-state index contributed by atoms with van der Waals surface area (Å²) in [5.41, 5.74) is 1.33. The Morgan fingerprint density at radius 2 is 2.09 bits per heavy atom. The molecule has 0 fully saturated rings. The van der Waals surface area contributed by atoms with Crippen LogP contribution < -0.4 is 5.32 Å². The number of aryl methyl sites for hydroxylation is 1. The number of carbonyl (C=O) groups excluding carboxylic acids is 1. The predicted molar refractivity (Wildman–Crippen MR) is 83.0 cm³/mol. The first kappa shape index (κ1) is 15.3. The van der Waals surface area contributed by atoms with Crippen molar-refractivity contribution in [2.75, 3.05) is 5.32 Å². The molecule has 118 valence electrons. The van der Waals surface area contributed by atoms with Crippen LogP contribution in [0.4, 0.5) is 13.9 Å². The van der Waals surface area contributed by atoms with Gasteiger partial charge in [-0.1, -0.05) is 0 Å². The lowest BCUT2D eigenvalue weighted by Crippen LogP contribution is -2.14. The van der Waals surface area contributed by atoms with E-state index >= 15 is 0 Å². The number of benzene rings is 1. The van der Waals surface area contributed by atoms with E-state index in [4.69, 9.17) is 0 Å². The second-order valence-electron chi connectivity index (χ2n) is 4.84. The third-order valence-corrected chi connectivity index (χ3v) is 4.00. The maximum Gasteiger partial charge on any atom is 0.261 e. The number of thiazole rings is 1. The van der Waals surface area contributed by atoms with E-state index in [-0.39, 0.29) is 11.6 Å². The van der Waals surface area contributed by atoms with E-state index in [1.807, 2.05) is 0 Å². The summed E-state index contributed by atoms with van der Waals surface area (Å²) in [6.45, 7) is 3.31. The lowest BCUT2D eigenvalue weighted by molar-refractivity contribution is 0.102. The van der Waals surface area contributed by atoms with Gasteiger partial charge >= 0.3 is 0 Å². The standard InChI is InChI=1S/C15H12F2N4OS/c1-8-13(14(22)19-15-18-5-6-23-15)9(2)21(20-8)12-4-3-10(16)7-11(12)17/h3-7H,1-2H3,(H,18,19,22). The molecule has 1 N–H and O–H groups in total. The topological polar surface area (TPSA) is 59.8 Å². The van der Waals surface area contributed by atoms with Gasteiger partial charge in [-0.15, -0.1) is 11.3 Å². The second kappa shape index (κ2) is 5.88. The molecule has 0 aliphatic rings. The molecule has 3 aromatic rings. The first-order valence-electron chi connectivity index (χ1n) is 6.70. The molecule has 0 bridgehead atoms. The van der Waals surface area contributed by atoms with Crippen LogP contribution in [0.15, 0.2) is 29.8 Å². The summed E-state index contributed by atoms with van der Waals surface area (Å²) >= 11 is 1.29. The number of hydrogen-bond acceptors (Lipinski definition) is 4. The van der Waals surface area contributed by atoms with Crippen LogP contribution in [0.1, 0.15) is 21.7 Å². The van der Waals surface area contributed by atoms with Crippen LogP contribution in [0.3, 0.4) is 0 Å². The zero-order chi connectivity index (χ0) is 16.6. The normalized spacial score (nSPS) is 10.8. The van der Waals surface area contributed by atoms with Gasteiger partial charge in [0.15, 0.2) is 10.9 Å². The van der Waals surface area contributed by atoms with Crippen molar-refractivity contribution in [2.45, 2.75) is 13.8 Å². The Hall–Kier alpha value is -2.61. The summed E-state index contributed by atoms with van der Waals surface area (Å²) in [5, 5.41) is 9.08. The second-order valence-corrected chi connectivity index (χ2v) is 5.74. The number of anilines is 1. The van der Waals surface area contributed by atoms with E-state index in [1.165, 1.54) is 22.1 Å². The molecule has 0 aliphatic carbocycles. The van der Waals surface area contributed by atoms with Crippen molar-refractivity contribution < 1.29 is 13.6 Å². The highest BCUT2D eigenvalue weighted by Gasteiger charge is 2.21. The summed E-state index contributed by atoms with van der Waals surface area (Å²) < 4.78 is 28.3. The summed E-state index contributed by atoms with van der Waals surface area (Å²) in [6, 6.07) is 3.21. The van der Waals surface area contributed by atoms with Gasteiger partial charge < -0.3 is 0 Å². The first-order chi connectivity index (χ1) is 11.0. The van der Waals surface area contributed by atoms with Crippen molar-refractivity contribution in [2.24, 2.45) is 0 Å². The van der Waals surface area contributed by atoms with Gasteiger partial charge in [-0.2, -0.15) is 5.10 Å². The molecule has 8 heteroatoms. The van der Waals surface area contributed by atoms with Gasteiger partial charge in [0.1, 0.15) is 11.5 Å². The monoisotopic (exact) mass is 334 g/mol. The minimum Gasteiger partial charge on any atom is -0.298 e. The number of rotatable bonds is 3. The fraction of sp³-hybridized carbons (Fsp3) is 0.133. The molecule has 0 saturated heterocycles. The van der Waals surface area contributed by atoms with E-state index < -0.39 is 11.6 Å². The van der Waals surface area contributed by atoms with Gasteiger partial charge in [-0.25, -0.2) is 18.4 Å². The lowest BCUT2D eigenvalue weighted by Gasteiger charge is -2.06. The maximum atomic E-state index is 14.0. The van der Waals surface area contributed by atoms with Crippen molar-refractivity contribution in [1.29, 1.82) is 0 Å². The molecule has 1 aromatic carbocycles. The average Bonchev–Trinajstić information content (AvgIpc) is 3.07. The highest BCUT2D eigenvalue weighted by molar-refractivity contribution is 7.13. The van der Waals surface area contributed by atoms with Gasteiger partial charge in [0.05, 0.1) is 17.0 Å². The van der Waals surface area contributed by atoms with Crippen LogP contribution in [0, 0.1) is 25.5 Å². The van der Waals surface area contributed by atoms with Gasteiger partial charge in [0.2, 0.25) is 0 Å². The van der Waals surface area contributed by atoms with Crippen molar-refractivity contribution in [3.05, 3.63) is 58.4 Å². The summed E-state index contributed by atoms with van der Waals surface area (Å²) in [6.07, 6.45) is 1.58. The van der Waals surface area contributed by atoms with Gasteiger partial charge in [0, 0.05) is 17.6 Å². The highest BCUT2D eigenvalue weighted by atomic mass is 32.1. The molecule has 3 rings (SSSR count). The quantitative estimate of drug-likeness (QED) is 0.798. The molecule has 0 radical (unpaired) electrons. The number of nitrogens with zero attached hydrogens (tertiary/aromatic N) is 3. The van der Waals surface area contributed by atoms with Crippen LogP contribution in [-0.2, 0) is 0 Å². The zero-order valence-corrected chi connectivity index (χ0v) is 13.1. The molecule has 1 amide bonds. The summed E-state index contributed by atoms with van der Waals surface area (Å²) in [5.74, 6) is -1.79. The van der Waals surface area contributed by atoms with Gasteiger partial charge in [-0.3, -0.25) is 10.1 Å². The average molecular weight is 334 g/mol. The van der Waals surface area contributed by atoms with Crippen LogP contribution in [0.2, 0.25) is 0 Å². The van der Waals surface area contributed by atoms with Crippen LogP contribution in [0.5, 0.6) is 0 Å². The van der Waals surface area contributed by atoms with Crippen LogP contribution in [0.25, 0.3) is 5.69 Å². The minimum atomic E-state index is -0.748. The Labute approximate surface area is 134 Å². The molecular formula is C15H12F2N4OS. The van der Waals surface area contributed by atoms with Crippen molar-refractivity contribution in [3.8, 4) is 5.69 Å². The Morgan fingerprint density at radius 3 is 2.74 bits per heavy atom. The molecule has 0 atom stereocenters. The Bertz CT molecular complexity index is 874. The number of hydrogen-bond donors (Lipinski definition) is 1. The molecule has 0 aliphatic heterocycles. The Balaban J connectivity index is 2.01. The van der Waals surface area contributed by atoms with E-state index in [9.17, 15) is 13.6 Å².